The van der Waals surface area contributed by atoms with Crippen LogP contribution in [0.4, 0.5) is 0 Å². The summed E-state index contributed by atoms with van der Waals surface area (Å²) in [5, 5.41) is 0. The number of halogens is 2. The van der Waals surface area contributed by atoms with E-state index >= 15 is 0 Å². The summed E-state index contributed by atoms with van der Waals surface area (Å²) in [6, 6.07) is 9.82. The van der Waals surface area contributed by atoms with Gasteiger partial charge in [0.05, 0.1) is 0 Å². The summed E-state index contributed by atoms with van der Waals surface area (Å²) in [5.74, 6) is 0. The summed E-state index contributed by atoms with van der Waals surface area (Å²) in [6.07, 6.45) is 0. The average molecular weight is 270 g/mol. The maximum absolute atomic E-state index is 5.75. The SMILES string of the molecule is [Cl][Sb]([Cl])[c]1ccccc1. The van der Waals surface area contributed by atoms with Crippen molar-refractivity contribution in [3.8, 4) is 0 Å². The molecule has 0 saturated carbocycles. The summed E-state index contributed by atoms with van der Waals surface area (Å²) < 4.78 is 1.13. The van der Waals surface area contributed by atoms with Crippen LogP contribution in [0.5, 0.6) is 0 Å². The summed E-state index contributed by atoms with van der Waals surface area (Å²) in [6.45, 7) is 0. The van der Waals surface area contributed by atoms with Gasteiger partial charge >= 0.3 is 69.4 Å². The van der Waals surface area contributed by atoms with Crippen molar-refractivity contribution < 1.29 is 0 Å². The zero-order valence-corrected chi connectivity index (χ0v) is 8.65. The van der Waals surface area contributed by atoms with Gasteiger partial charge in [-0.3, -0.25) is 0 Å². The van der Waals surface area contributed by atoms with Crippen molar-refractivity contribution >= 4 is 39.1 Å². The molecule has 0 aliphatic carbocycles. The third-order valence-corrected chi connectivity index (χ3v) is 5.54. The van der Waals surface area contributed by atoms with Crippen molar-refractivity contribution in [2.45, 2.75) is 0 Å². The molecular formula is C6H5Cl2Sb. The van der Waals surface area contributed by atoms with Crippen molar-refractivity contribution in [2.75, 3.05) is 0 Å². The quantitative estimate of drug-likeness (QED) is 0.683. The van der Waals surface area contributed by atoms with Crippen molar-refractivity contribution in [2.24, 2.45) is 0 Å². The molecule has 3 heteroatoms. The van der Waals surface area contributed by atoms with Crippen LogP contribution in [-0.2, 0) is 0 Å². The fourth-order valence-electron chi connectivity index (χ4n) is 0.541. The first-order valence-electron chi connectivity index (χ1n) is 2.47. The van der Waals surface area contributed by atoms with E-state index in [0.717, 1.165) is 3.51 Å². The zero-order chi connectivity index (χ0) is 6.69. The molecule has 0 aliphatic rings. The van der Waals surface area contributed by atoms with E-state index in [4.69, 9.17) is 17.7 Å². The third kappa shape index (κ3) is 2.37. The molecular weight excluding hydrogens is 265 g/mol. The summed E-state index contributed by atoms with van der Waals surface area (Å²) in [5.41, 5.74) is 0. The second kappa shape index (κ2) is 3.71. The molecule has 0 N–H and O–H groups in total. The predicted octanol–water partition coefficient (Wildman–Crippen LogP) is 1.86. The van der Waals surface area contributed by atoms with E-state index in [9.17, 15) is 0 Å². The molecule has 0 nitrogen and oxygen atoms in total. The molecule has 1 aromatic carbocycles. The summed E-state index contributed by atoms with van der Waals surface area (Å²) >= 11 is -1.96. The van der Waals surface area contributed by atoms with Crippen molar-refractivity contribution in [1.82, 2.24) is 0 Å². The molecule has 0 bridgehead atoms. The van der Waals surface area contributed by atoms with Crippen LogP contribution in [0.15, 0.2) is 30.3 Å². The van der Waals surface area contributed by atoms with Gasteiger partial charge in [0.1, 0.15) is 0 Å². The fourth-order valence-corrected chi connectivity index (χ4v) is 3.19. The molecule has 0 amide bonds. The molecule has 0 unspecified atom stereocenters. The van der Waals surface area contributed by atoms with Gasteiger partial charge in [-0.1, -0.05) is 0 Å². The van der Waals surface area contributed by atoms with Crippen LogP contribution in [0.3, 0.4) is 0 Å². The van der Waals surface area contributed by atoms with Crippen LogP contribution >= 0.6 is 17.7 Å². The van der Waals surface area contributed by atoms with E-state index in [1.165, 1.54) is 0 Å². The average Bonchev–Trinajstić information content (AvgIpc) is 1.90. The van der Waals surface area contributed by atoms with Gasteiger partial charge in [0.25, 0.3) is 0 Å². The standard InChI is InChI=1S/C6H5.2ClH.Sb/c1-2-4-6-5-3-1;;;/h1-5H;2*1H;/q;;;+2/p-2. The van der Waals surface area contributed by atoms with E-state index in [-0.39, 0.29) is 0 Å². The Morgan fingerprint density at radius 3 is 1.89 bits per heavy atom. The molecule has 0 saturated heterocycles. The fraction of sp³-hybridized carbons (Fsp3) is 0. The molecule has 9 heavy (non-hydrogen) atoms. The maximum atomic E-state index is 5.75. The summed E-state index contributed by atoms with van der Waals surface area (Å²) in [7, 11) is 11.5. The second-order valence-electron chi connectivity index (χ2n) is 1.57. The minimum absolute atomic E-state index is 1.13. The Bertz CT molecular complexity index is 174. The van der Waals surface area contributed by atoms with Crippen LogP contribution in [-0.4, -0.2) is 17.9 Å². The van der Waals surface area contributed by atoms with Gasteiger partial charge < -0.3 is 0 Å². The van der Waals surface area contributed by atoms with E-state index in [1.807, 2.05) is 30.3 Å². The van der Waals surface area contributed by atoms with E-state index in [1.54, 1.807) is 0 Å². The van der Waals surface area contributed by atoms with Gasteiger partial charge in [-0.2, -0.15) is 0 Å². The second-order valence-corrected chi connectivity index (χ2v) is 10.1. The molecule has 48 valence electrons. The molecule has 1 rings (SSSR count). The summed E-state index contributed by atoms with van der Waals surface area (Å²) in [4.78, 5) is 0. The Hall–Kier alpha value is 0.618. The zero-order valence-electron chi connectivity index (χ0n) is 4.59. The Morgan fingerprint density at radius 2 is 1.56 bits per heavy atom. The molecule has 1 aromatic rings. The van der Waals surface area contributed by atoms with Gasteiger partial charge in [-0.15, -0.1) is 0 Å². The van der Waals surface area contributed by atoms with Crippen molar-refractivity contribution in [3.05, 3.63) is 30.3 Å². The van der Waals surface area contributed by atoms with Gasteiger partial charge in [0.15, 0.2) is 0 Å². The Morgan fingerprint density at radius 1 is 1.00 bits per heavy atom. The van der Waals surface area contributed by atoms with Gasteiger partial charge in [-0.25, -0.2) is 0 Å². The van der Waals surface area contributed by atoms with Crippen LogP contribution in [0.1, 0.15) is 0 Å². The normalized spacial score (nSPS) is 10.1. The molecule has 0 atom stereocenters. The Kier molecular flexibility index (Phi) is 3.18. The number of benzene rings is 1. The van der Waals surface area contributed by atoms with Crippen LogP contribution in [0.2, 0.25) is 0 Å². The number of hydrogen-bond donors (Lipinski definition) is 0. The molecule has 0 radical (unpaired) electrons. The first-order chi connectivity index (χ1) is 4.30. The number of hydrogen-bond acceptors (Lipinski definition) is 0. The molecule has 0 aromatic heterocycles. The van der Waals surface area contributed by atoms with Crippen LogP contribution < -0.4 is 3.51 Å². The molecule has 0 heterocycles. The van der Waals surface area contributed by atoms with Crippen LogP contribution in [0.25, 0.3) is 0 Å². The van der Waals surface area contributed by atoms with E-state index < -0.39 is 17.9 Å². The van der Waals surface area contributed by atoms with Crippen LogP contribution in [0, 0.1) is 0 Å². The van der Waals surface area contributed by atoms with Gasteiger partial charge in [0.2, 0.25) is 0 Å². The predicted molar refractivity (Wildman–Crippen MR) is 43.5 cm³/mol. The Labute approximate surface area is 69.1 Å². The first-order valence-corrected chi connectivity index (χ1v) is 10.2. The minimum atomic E-state index is -1.96. The molecule has 0 aliphatic heterocycles. The first kappa shape index (κ1) is 7.72. The van der Waals surface area contributed by atoms with E-state index in [2.05, 4.69) is 0 Å². The Balaban J connectivity index is 2.85. The molecule has 0 fully saturated rings. The monoisotopic (exact) mass is 268 g/mol. The topological polar surface area (TPSA) is 0 Å². The molecule has 0 spiro atoms. The van der Waals surface area contributed by atoms with Crippen molar-refractivity contribution in [1.29, 1.82) is 0 Å². The van der Waals surface area contributed by atoms with Gasteiger partial charge in [-0.05, 0) is 0 Å². The number of rotatable bonds is 1. The van der Waals surface area contributed by atoms with E-state index in [0.29, 0.717) is 0 Å². The van der Waals surface area contributed by atoms with Crippen molar-refractivity contribution in [3.63, 3.8) is 0 Å². The third-order valence-electron chi connectivity index (χ3n) is 0.951. The van der Waals surface area contributed by atoms with Gasteiger partial charge in [0, 0.05) is 0 Å².